The second-order valence-electron chi connectivity index (χ2n) is 3.63. The summed E-state index contributed by atoms with van der Waals surface area (Å²) < 4.78 is 1.72. The Bertz CT molecular complexity index is 660. The fourth-order valence-electron chi connectivity index (χ4n) is 1.46. The molecule has 0 radical (unpaired) electrons. The van der Waals surface area contributed by atoms with E-state index in [9.17, 15) is 9.59 Å². The van der Waals surface area contributed by atoms with E-state index in [-0.39, 0.29) is 0 Å². The van der Waals surface area contributed by atoms with Crippen LogP contribution in [0.2, 0.25) is 0 Å². The van der Waals surface area contributed by atoms with E-state index < -0.39 is 11.2 Å². The lowest BCUT2D eigenvalue weighted by Crippen LogP contribution is -2.30. The molecule has 0 saturated heterocycles. The molecule has 0 aromatic carbocycles. The van der Waals surface area contributed by atoms with Gasteiger partial charge in [-0.3, -0.25) is 19.3 Å². The summed E-state index contributed by atoms with van der Waals surface area (Å²) in [6.45, 7) is 2.21. The Kier molecular flexibility index (Phi) is 3.23. The lowest BCUT2D eigenvalue weighted by atomic mass is 10.3. The summed E-state index contributed by atoms with van der Waals surface area (Å²) >= 11 is 3.08. The zero-order chi connectivity index (χ0) is 12.4. The molecule has 6 heteroatoms. The summed E-state index contributed by atoms with van der Waals surface area (Å²) in [4.78, 5) is 29.2. The van der Waals surface area contributed by atoms with Crippen molar-refractivity contribution in [3.63, 3.8) is 0 Å². The van der Waals surface area contributed by atoms with E-state index >= 15 is 0 Å². The zero-order valence-electron chi connectivity index (χ0n) is 9.11. The Labute approximate surface area is 105 Å². The SMILES string of the molecule is Cc1cccc(Cn2cc(Br)c(=O)[nH]c2=O)n1. The summed E-state index contributed by atoms with van der Waals surface area (Å²) in [6.07, 6.45) is 1.46. The number of nitrogens with zero attached hydrogens (tertiary/aromatic N) is 2. The van der Waals surface area contributed by atoms with Crippen molar-refractivity contribution < 1.29 is 0 Å². The number of hydrogen-bond acceptors (Lipinski definition) is 3. The van der Waals surface area contributed by atoms with E-state index in [1.54, 1.807) is 0 Å². The molecule has 0 aliphatic carbocycles. The van der Waals surface area contributed by atoms with Gasteiger partial charge in [0.15, 0.2) is 0 Å². The smallest absolute Gasteiger partial charge is 0.293 e. The molecular weight excluding hydrogens is 286 g/mol. The Morgan fingerprint density at radius 2 is 2.18 bits per heavy atom. The molecule has 2 aromatic rings. The molecule has 0 aliphatic rings. The van der Waals surface area contributed by atoms with E-state index in [1.165, 1.54) is 10.8 Å². The molecule has 0 aliphatic heterocycles. The maximum Gasteiger partial charge on any atom is 0.328 e. The van der Waals surface area contributed by atoms with Crippen molar-refractivity contribution in [2.45, 2.75) is 13.5 Å². The highest BCUT2D eigenvalue weighted by molar-refractivity contribution is 9.10. The molecule has 2 aromatic heterocycles. The van der Waals surface area contributed by atoms with E-state index in [0.29, 0.717) is 11.0 Å². The summed E-state index contributed by atoms with van der Waals surface area (Å²) in [5.41, 5.74) is 0.787. The predicted molar refractivity (Wildman–Crippen MR) is 67.1 cm³/mol. The topological polar surface area (TPSA) is 67.8 Å². The van der Waals surface area contributed by atoms with Gasteiger partial charge in [0.1, 0.15) is 0 Å². The largest absolute Gasteiger partial charge is 0.328 e. The lowest BCUT2D eigenvalue weighted by molar-refractivity contribution is 0.699. The number of hydrogen-bond donors (Lipinski definition) is 1. The summed E-state index contributed by atoms with van der Waals surface area (Å²) in [6, 6.07) is 5.59. The van der Waals surface area contributed by atoms with Gasteiger partial charge in [0, 0.05) is 11.9 Å². The van der Waals surface area contributed by atoms with Gasteiger partial charge in [-0.1, -0.05) is 6.07 Å². The van der Waals surface area contributed by atoms with Crippen LogP contribution in [0.25, 0.3) is 0 Å². The fraction of sp³-hybridized carbons (Fsp3) is 0.182. The number of pyridine rings is 1. The molecule has 17 heavy (non-hydrogen) atoms. The quantitative estimate of drug-likeness (QED) is 0.900. The molecule has 0 amide bonds. The molecule has 2 rings (SSSR count). The third-order valence-corrected chi connectivity index (χ3v) is 2.81. The van der Waals surface area contributed by atoms with Crippen LogP contribution in [0.3, 0.4) is 0 Å². The monoisotopic (exact) mass is 295 g/mol. The van der Waals surface area contributed by atoms with Crippen LogP contribution in [0.5, 0.6) is 0 Å². The van der Waals surface area contributed by atoms with Gasteiger partial charge >= 0.3 is 5.69 Å². The van der Waals surface area contributed by atoms with Crippen LogP contribution in [0.4, 0.5) is 0 Å². The molecular formula is C11H10BrN3O2. The number of halogens is 1. The maximum atomic E-state index is 11.5. The van der Waals surface area contributed by atoms with Gasteiger partial charge < -0.3 is 0 Å². The van der Waals surface area contributed by atoms with Crippen molar-refractivity contribution in [2.75, 3.05) is 0 Å². The second-order valence-corrected chi connectivity index (χ2v) is 4.49. The average Bonchev–Trinajstić information content (AvgIpc) is 2.26. The number of aryl methyl sites for hydroxylation is 1. The molecule has 0 saturated carbocycles. The average molecular weight is 296 g/mol. The minimum absolute atomic E-state index is 0.324. The maximum absolute atomic E-state index is 11.5. The van der Waals surface area contributed by atoms with E-state index in [4.69, 9.17) is 0 Å². The van der Waals surface area contributed by atoms with Crippen LogP contribution in [-0.2, 0) is 6.54 Å². The van der Waals surface area contributed by atoms with Crippen LogP contribution < -0.4 is 11.2 Å². The number of rotatable bonds is 2. The van der Waals surface area contributed by atoms with Crippen molar-refractivity contribution >= 4 is 15.9 Å². The number of aromatic amines is 1. The third kappa shape index (κ3) is 2.71. The molecule has 88 valence electrons. The summed E-state index contributed by atoms with van der Waals surface area (Å²) in [7, 11) is 0. The molecule has 5 nitrogen and oxygen atoms in total. The fourth-order valence-corrected chi connectivity index (χ4v) is 1.81. The molecule has 0 atom stereocenters. The van der Waals surface area contributed by atoms with Crippen molar-refractivity contribution in [1.29, 1.82) is 0 Å². The molecule has 1 N–H and O–H groups in total. The predicted octanol–water partition coefficient (Wildman–Crippen LogP) is 1.05. The molecule has 2 heterocycles. The standard InChI is InChI=1S/C11H10BrN3O2/c1-7-3-2-4-8(13-7)5-15-6-9(12)10(16)14-11(15)17/h2-4,6H,5H2,1H3,(H,14,16,17). The first-order valence-corrected chi connectivity index (χ1v) is 5.77. The zero-order valence-corrected chi connectivity index (χ0v) is 10.7. The number of H-pyrrole nitrogens is 1. The lowest BCUT2D eigenvalue weighted by Gasteiger charge is -2.05. The number of nitrogens with one attached hydrogen (secondary N) is 1. The number of aromatic nitrogens is 3. The van der Waals surface area contributed by atoms with E-state index in [1.807, 2.05) is 25.1 Å². The Morgan fingerprint density at radius 1 is 1.41 bits per heavy atom. The highest BCUT2D eigenvalue weighted by Gasteiger charge is 2.03. The van der Waals surface area contributed by atoms with Crippen LogP contribution in [-0.4, -0.2) is 14.5 Å². The summed E-state index contributed by atoms with van der Waals surface area (Å²) in [5, 5.41) is 0. The molecule has 0 bridgehead atoms. The minimum atomic E-state index is -0.443. The van der Waals surface area contributed by atoms with Crippen LogP contribution >= 0.6 is 15.9 Å². The second kappa shape index (κ2) is 4.67. The van der Waals surface area contributed by atoms with Crippen molar-refractivity contribution in [1.82, 2.24) is 14.5 Å². The Hall–Kier alpha value is -1.69. The summed E-state index contributed by atoms with van der Waals surface area (Å²) in [5.74, 6) is 0. The Morgan fingerprint density at radius 3 is 2.88 bits per heavy atom. The van der Waals surface area contributed by atoms with Gasteiger partial charge in [-0.05, 0) is 35.0 Å². The van der Waals surface area contributed by atoms with Crippen molar-refractivity contribution in [3.05, 3.63) is 61.1 Å². The first kappa shape index (κ1) is 11.8. The van der Waals surface area contributed by atoms with Crippen molar-refractivity contribution in [3.8, 4) is 0 Å². The van der Waals surface area contributed by atoms with Gasteiger partial charge in [0.05, 0.1) is 16.7 Å². The first-order valence-electron chi connectivity index (χ1n) is 4.98. The van der Waals surface area contributed by atoms with Crippen LogP contribution in [0.15, 0.2) is 38.5 Å². The molecule has 0 unspecified atom stereocenters. The van der Waals surface area contributed by atoms with Gasteiger partial charge in [0.2, 0.25) is 0 Å². The molecule has 0 spiro atoms. The highest BCUT2D eigenvalue weighted by atomic mass is 79.9. The normalized spacial score (nSPS) is 10.5. The van der Waals surface area contributed by atoms with E-state index in [2.05, 4.69) is 25.9 Å². The van der Waals surface area contributed by atoms with Gasteiger partial charge in [-0.15, -0.1) is 0 Å². The van der Waals surface area contributed by atoms with Gasteiger partial charge in [0.25, 0.3) is 5.56 Å². The third-order valence-electron chi connectivity index (χ3n) is 2.25. The van der Waals surface area contributed by atoms with Crippen LogP contribution in [0.1, 0.15) is 11.4 Å². The minimum Gasteiger partial charge on any atom is -0.293 e. The van der Waals surface area contributed by atoms with Crippen molar-refractivity contribution in [2.24, 2.45) is 0 Å². The van der Waals surface area contributed by atoms with Gasteiger partial charge in [-0.2, -0.15) is 0 Å². The Balaban J connectivity index is 2.40. The van der Waals surface area contributed by atoms with E-state index in [0.717, 1.165) is 11.4 Å². The highest BCUT2D eigenvalue weighted by Crippen LogP contribution is 2.02. The molecule has 0 fully saturated rings. The first-order chi connectivity index (χ1) is 8.06. The van der Waals surface area contributed by atoms with Gasteiger partial charge in [-0.25, -0.2) is 4.79 Å². The van der Waals surface area contributed by atoms with Crippen LogP contribution in [0, 0.1) is 6.92 Å².